The number of rotatable bonds is 7. The highest BCUT2D eigenvalue weighted by atomic mass is 16.5. The first-order valence-corrected chi connectivity index (χ1v) is 6.71. The molecule has 2 rings (SSSR count). The molecule has 0 aliphatic rings. The quantitative estimate of drug-likeness (QED) is 0.777. The maximum Gasteiger partial charge on any atom is 0.0731 e. The van der Waals surface area contributed by atoms with E-state index in [4.69, 9.17) is 4.74 Å². The summed E-state index contributed by atoms with van der Waals surface area (Å²) in [6, 6.07) is 12.3. The molecule has 102 valence electrons. The fraction of sp³-hybridized carbons (Fsp3) is 0.400. The lowest BCUT2D eigenvalue weighted by molar-refractivity contribution is 0.112. The van der Waals surface area contributed by atoms with Crippen LogP contribution in [0.5, 0.6) is 0 Å². The molecule has 0 saturated heterocycles. The molecule has 1 unspecified atom stereocenters. The van der Waals surface area contributed by atoms with Crippen molar-refractivity contribution in [2.24, 2.45) is 0 Å². The van der Waals surface area contributed by atoms with Crippen LogP contribution in [0, 0.1) is 0 Å². The molecular weight excluding hydrogens is 238 g/mol. The molecule has 2 aromatic rings. The fourth-order valence-electron chi connectivity index (χ4n) is 2.02. The Bertz CT molecular complexity index is 481. The van der Waals surface area contributed by atoms with Gasteiger partial charge in [-0.15, -0.1) is 0 Å². The molecule has 0 radical (unpaired) electrons. The standard InChI is InChI=1S/C15H21N3O/c1-3-11-19-12-14(16-2)15-9-10-17-18(15)13-7-5-4-6-8-13/h4-10,14,16H,3,11-12H2,1-2H3. The number of aromatic nitrogens is 2. The zero-order valence-electron chi connectivity index (χ0n) is 11.5. The number of para-hydroxylation sites is 1. The summed E-state index contributed by atoms with van der Waals surface area (Å²) >= 11 is 0. The predicted octanol–water partition coefficient (Wildman–Crippen LogP) is 2.56. The molecular formula is C15H21N3O. The zero-order valence-corrected chi connectivity index (χ0v) is 11.5. The molecule has 0 saturated carbocycles. The van der Waals surface area contributed by atoms with E-state index in [1.54, 1.807) is 0 Å². The molecule has 1 atom stereocenters. The van der Waals surface area contributed by atoms with E-state index in [1.807, 2.05) is 42.2 Å². The van der Waals surface area contributed by atoms with Gasteiger partial charge in [-0.1, -0.05) is 25.1 Å². The smallest absolute Gasteiger partial charge is 0.0731 e. The first-order chi connectivity index (χ1) is 9.36. The van der Waals surface area contributed by atoms with Crippen molar-refractivity contribution in [3.05, 3.63) is 48.3 Å². The highest BCUT2D eigenvalue weighted by Crippen LogP contribution is 2.17. The van der Waals surface area contributed by atoms with Crippen molar-refractivity contribution in [1.82, 2.24) is 15.1 Å². The lowest BCUT2D eigenvalue weighted by atomic mass is 10.2. The molecule has 4 heteroatoms. The van der Waals surface area contributed by atoms with Crippen LogP contribution in [0.4, 0.5) is 0 Å². The molecule has 1 aromatic carbocycles. The zero-order chi connectivity index (χ0) is 13.5. The van der Waals surface area contributed by atoms with Gasteiger partial charge in [-0.2, -0.15) is 5.10 Å². The number of nitrogens with one attached hydrogen (secondary N) is 1. The molecule has 0 aliphatic heterocycles. The van der Waals surface area contributed by atoms with E-state index in [-0.39, 0.29) is 6.04 Å². The van der Waals surface area contributed by atoms with Crippen LogP contribution in [-0.4, -0.2) is 30.0 Å². The van der Waals surface area contributed by atoms with Gasteiger partial charge in [0.1, 0.15) is 0 Å². The monoisotopic (exact) mass is 259 g/mol. The molecule has 0 fully saturated rings. The number of hydrogen-bond donors (Lipinski definition) is 1. The summed E-state index contributed by atoms with van der Waals surface area (Å²) in [6.45, 7) is 3.56. The van der Waals surface area contributed by atoms with E-state index < -0.39 is 0 Å². The Morgan fingerprint density at radius 3 is 2.74 bits per heavy atom. The lowest BCUT2D eigenvalue weighted by Gasteiger charge is -2.18. The molecule has 0 spiro atoms. The third-order valence-electron chi connectivity index (χ3n) is 3.01. The summed E-state index contributed by atoms with van der Waals surface area (Å²) in [4.78, 5) is 0. The first kappa shape index (κ1) is 13.8. The van der Waals surface area contributed by atoms with Crippen molar-refractivity contribution in [1.29, 1.82) is 0 Å². The van der Waals surface area contributed by atoms with E-state index in [0.29, 0.717) is 6.61 Å². The SMILES string of the molecule is CCCOCC(NC)c1ccnn1-c1ccccc1. The largest absolute Gasteiger partial charge is 0.379 e. The van der Waals surface area contributed by atoms with Gasteiger partial charge in [0.15, 0.2) is 0 Å². The lowest BCUT2D eigenvalue weighted by Crippen LogP contribution is -2.24. The molecule has 4 nitrogen and oxygen atoms in total. The summed E-state index contributed by atoms with van der Waals surface area (Å²) in [7, 11) is 1.95. The summed E-state index contributed by atoms with van der Waals surface area (Å²) in [6.07, 6.45) is 2.86. The van der Waals surface area contributed by atoms with Gasteiger partial charge in [0.25, 0.3) is 0 Å². The summed E-state index contributed by atoms with van der Waals surface area (Å²) in [5.41, 5.74) is 2.18. The Morgan fingerprint density at radius 2 is 2.05 bits per heavy atom. The van der Waals surface area contributed by atoms with Crippen molar-refractivity contribution < 1.29 is 4.74 Å². The predicted molar refractivity (Wildman–Crippen MR) is 76.5 cm³/mol. The van der Waals surface area contributed by atoms with E-state index in [2.05, 4.69) is 29.5 Å². The van der Waals surface area contributed by atoms with Gasteiger partial charge in [0.2, 0.25) is 0 Å². The summed E-state index contributed by atoms with van der Waals surface area (Å²) in [5.74, 6) is 0. The Hall–Kier alpha value is -1.65. The number of hydrogen-bond acceptors (Lipinski definition) is 3. The Labute approximate surface area is 114 Å². The van der Waals surface area contributed by atoms with Gasteiger partial charge in [-0.05, 0) is 31.7 Å². The van der Waals surface area contributed by atoms with Crippen molar-refractivity contribution >= 4 is 0 Å². The van der Waals surface area contributed by atoms with Gasteiger partial charge in [-0.3, -0.25) is 0 Å². The molecule has 1 N–H and O–H groups in total. The maximum absolute atomic E-state index is 5.65. The average Bonchev–Trinajstić information content (AvgIpc) is 2.94. The van der Waals surface area contributed by atoms with Crippen molar-refractivity contribution in [3.63, 3.8) is 0 Å². The van der Waals surface area contributed by atoms with Crippen LogP contribution in [0.25, 0.3) is 5.69 Å². The van der Waals surface area contributed by atoms with Crippen LogP contribution in [0.1, 0.15) is 25.1 Å². The summed E-state index contributed by atoms with van der Waals surface area (Å²) < 4.78 is 7.60. The minimum atomic E-state index is 0.147. The minimum absolute atomic E-state index is 0.147. The number of ether oxygens (including phenoxy) is 1. The van der Waals surface area contributed by atoms with Crippen molar-refractivity contribution in [2.75, 3.05) is 20.3 Å². The molecule has 1 aromatic heterocycles. The normalized spacial score (nSPS) is 12.5. The Morgan fingerprint density at radius 1 is 1.26 bits per heavy atom. The van der Waals surface area contributed by atoms with Gasteiger partial charge >= 0.3 is 0 Å². The fourth-order valence-corrected chi connectivity index (χ4v) is 2.02. The second kappa shape index (κ2) is 7.07. The second-order valence-electron chi connectivity index (χ2n) is 4.42. The number of benzene rings is 1. The average molecular weight is 259 g/mol. The van der Waals surface area contributed by atoms with E-state index in [0.717, 1.165) is 24.4 Å². The number of nitrogens with zero attached hydrogens (tertiary/aromatic N) is 2. The van der Waals surface area contributed by atoms with Crippen LogP contribution in [0.15, 0.2) is 42.6 Å². The van der Waals surface area contributed by atoms with Crippen molar-refractivity contribution in [3.8, 4) is 5.69 Å². The number of likely N-dealkylation sites (N-methyl/N-ethyl adjacent to an activating group) is 1. The van der Waals surface area contributed by atoms with Gasteiger partial charge in [-0.25, -0.2) is 4.68 Å². The van der Waals surface area contributed by atoms with Crippen LogP contribution in [0.3, 0.4) is 0 Å². The molecule has 1 heterocycles. The highest BCUT2D eigenvalue weighted by Gasteiger charge is 2.15. The van der Waals surface area contributed by atoms with Crippen molar-refractivity contribution in [2.45, 2.75) is 19.4 Å². The Balaban J connectivity index is 2.18. The summed E-state index contributed by atoms with van der Waals surface area (Å²) in [5, 5.41) is 7.69. The first-order valence-electron chi connectivity index (χ1n) is 6.71. The molecule has 19 heavy (non-hydrogen) atoms. The topological polar surface area (TPSA) is 39.1 Å². The minimum Gasteiger partial charge on any atom is -0.379 e. The third kappa shape index (κ3) is 3.43. The van der Waals surface area contributed by atoms with Crippen LogP contribution in [0.2, 0.25) is 0 Å². The maximum atomic E-state index is 5.65. The van der Waals surface area contributed by atoms with Crippen LogP contribution in [-0.2, 0) is 4.74 Å². The molecule has 0 aliphatic carbocycles. The Kier molecular flexibility index (Phi) is 5.12. The van der Waals surface area contributed by atoms with Gasteiger partial charge < -0.3 is 10.1 Å². The van der Waals surface area contributed by atoms with Crippen LogP contribution < -0.4 is 5.32 Å². The van der Waals surface area contributed by atoms with E-state index in [9.17, 15) is 0 Å². The third-order valence-corrected chi connectivity index (χ3v) is 3.01. The second-order valence-corrected chi connectivity index (χ2v) is 4.42. The molecule has 0 bridgehead atoms. The van der Waals surface area contributed by atoms with Gasteiger partial charge in [0.05, 0.1) is 24.0 Å². The van der Waals surface area contributed by atoms with Crippen LogP contribution >= 0.6 is 0 Å². The van der Waals surface area contributed by atoms with Gasteiger partial charge in [0, 0.05) is 12.8 Å². The molecule has 0 amide bonds. The van der Waals surface area contributed by atoms with E-state index in [1.165, 1.54) is 0 Å². The van der Waals surface area contributed by atoms with E-state index >= 15 is 0 Å². The highest BCUT2D eigenvalue weighted by molar-refractivity contribution is 5.33.